The van der Waals surface area contributed by atoms with Crippen molar-refractivity contribution in [2.24, 2.45) is 5.92 Å². The van der Waals surface area contributed by atoms with Crippen molar-refractivity contribution >= 4 is 18.0 Å². The van der Waals surface area contributed by atoms with Gasteiger partial charge in [-0.15, -0.1) is 0 Å². The van der Waals surface area contributed by atoms with Gasteiger partial charge < -0.3 is 15.2 Å². The molecular weight excluding hydrogens is 412 g/mol. The summed E-state index contributed by atoms with van der Waals surface area (Å²) in [5.41, 5.74) is 6.75. The zero-order valence-corrected chi connectivity index (χ0v) is 17.6. The molecule has 2 amide bonds. The normalized spacial score (nSPS) is 19.5. The van der Waals surface area contributed by atoms with Crippen molar-refractivity contribution in [1.82, 2.24) is 10.8 Å². The van der Waals surface area contributed by atoms with Crippen LogP contribution in [0.25, 0.3) is 11.1 Å². The lowest BCUT2D eigenvalue weighted by atomic mass is 9.84. The van der Waals surface area contributed by atoms with Crippen molar-refractivity contribution in [1.29, 1.82) is 0 Å². The molecule has 0 saturated heterocycles. The van der Waals surface area contributed by atoms with Crippen LogP contribution in [0.4, 0.5) is 4.79 Å². The summed E-state index contributed by atoms with van der Waals surface area (Å²) in [5.74, 6) is -2.15. The molecule has 1 fully saturated rings. The highest BCUT2D eigenvalue weighted by Crippen LogP contribution is 2.44. The van der Waals surface area contributed by atoms with Gasteiger partial charge in [-0.3, -0.25) is 9.63 Å². The predicted octanol–water partition coefficient (Wildman–Crippen LogP) is 3.22. The highest BCUT2D eigenvalue weighted by atomic mass is 16.7. The number of hydroxylamine groups is 1. The van der Waals surface area contributed by atoms with Crippen molar-refractivity contribution < 1.29 is 29.1 Å². The zero-order chi connectivity index (χ0) is 22.5. The number of rotatable bonds is 7. The van der Waals surface area contributed by atoms with Gasteiger partial charge in [0.25, 0.3) is 0 Å². The van der Waals surface area contributed by atoms with E-state index in [4.69, 9.17) is 14.7 Å². The summed E-state index contributed by atoms with van der Waals surface area (Å²) in [5, 5.41) is 11.5. The average molecular weight is 438 g/mol. The maximum Gasteiger partial charge on any atom is 0.407 e. The molecule has 1 saturated carbocycles. The Morgan fingerprint density at radius 1 is 0.938 bits per heavy atom. The van der Waals surface area contributed by atoms with Crippen LogP contribution in [0.15, 0.2) is 48.5 Å². The Hall–Kier alpha value is -3.39. The van der Waals surface area contributed by atoms with Gasteiger partial charge >= 0.3 is 12.1 Å². The summed E-state index contributed by atoms with van der Waals surface area (Å²) in [7, 11) is 0. The molecule has 0 heterocycles. The molecular formula is C24H26N2O6. The van der Waals surface area contributed by atoms with Gasteiger partial charge in [-0.2, -0.15) is 0 Å². The first-order chi connectivity index (χ1) is 15.5. The Labute approximate surface area is 185 Å². The number of fused-ring (bicyclic) bond motifs is 3. The van der Waals surface area contributed by atoms with Crippen molar-refractivity contribution in [3.8, 4) is 11.1 Å². The Bertz CT molecular complexity index is 962. The lowest BCUT2D eigenvalue weighted by molar-refractivity contribution is -0.151. The fourth-order valence-corrected chi connectivity index (χ4v) is 4.65. The van der Waals surface area contributed by atoms with Crippen LogP contribution in [0.3, 0.4) is 0 Å². The highest BCUT2D eigenvalue weighted by molar-refractivity contribution is 5.80. The van der Waals surface area contributed by atoms with Gasteiger partial charge in [0, 0.05) is 12.0 Å². The number of nitrogens with one attached hydrogen (secondary N) is 2. The SMILES string of the molecule is O=C(O)CONC(=O)C1CCCCC1NC(=O)OCC1c2ccccc2-c2ccccc21. The van der Waals surface area contributed by atoms with E-state index in [9.17, 15) is 14.4 Å². The molecule has 8 nitrogen and oxygen atoms in total. The van der Waals surface area contributed by atoms with Gasteiger partial charge in [-0.1, -0.05) is 61.4 Å². The van der Waals surface area contributed by atoms with Gasteiger partial charge in [0.1, 0.15) is 6.61 Å². The molecule has 0 radical (unpaired) electrons. The summed E-state index contributed by atoms with van der Waals surface area (Å²) in [6.45, 7) is -0.423. The second-order valence-corrected chi connectivity index (χ2v) is 8.12. The van der Waals surface area contributed by atoms with E-state index >= 15 is 0 Å². The number of carbonyl (C=O) groups is 3. The van der Waals surface area contributed by atoms with Crippen LogP contribution < -0.4 is 10.8 Å². The Balaban J connectivity index is 1.36. The number of ether oxygens (including phenoxy) is 1. The fraction of sp³-hybridized carbons (Fsp3) is 0.375. The minimum atomic E-state index is -1.18. The summed E-state index contributed by atoms with van der Waals surface area (Å²) < 4.78 is 5.59. The maximum absolute atomic E-state index is 12.6. The molecule has 8 heteroatoms. The van der Waals surface area contributed by atoms with Gasteiger partial charge in [-0.05, 0) is 35.1 Å². The quantitative estimate of drug-likeness (QED) is 0.572. The largest absolute Gasteiger partial charge is 0.479 e. The Morgan fingerprint density at radius 3 is 2.22 bits per heavy atom. The molecule has 0 aliphatic heterocycles. The smallest absolute Gasteiger partial charge is 0.407 e. The van der Waals surface area contributed by atoms with Gasteiger partial charge in [0.05, 0.1) is 5.92 Å². The minimum absolute atomic E-state index is 0.0389. The molecule has 2 aliphatic rings. The summed E-state index contributed by atoms with van der Waals surface area (Å²) >= 11 is 0. The third-order valence-corrected chi connectivity index (χ3v) is 6.12. The van der Waals surface area contributed by atoms with Crippen LogP contribution in [-0.2, 0) is 19.2 Å². The number of hydrogen-bond donors (Lipinski definition) is 3. The van der Waals surface area contributed by atoms with E-state index in [1.807, 2.05) is 24.3 Å². The van der Waals surface area contributed by atoms with E-state index in [1.54, 1.807) is 0 Å². The van der Waals surface area contributed by atoms with Crippen LogP contribution in [0.1, 0.15) is 42.7 Å². The average Bonchev–Trinajstić information content (AvgIpc) is 3.11. The van der Waals surface area contributed by atoms with E-state index in [2.05, 4.69) is 35.1 Å². The first-order valence-electron chi connectivity index (χ1n) is 10.8. The second-order valence-electron chi connectivity index (χ2n) is 8.12. The number of amides is 2. The number of benzene rings is 2. The monoisotopic (exact) mass is 438 g/mol. The van der Waals surface area contributed by atoms with E-state index < -0.39 is 36.5 Å². The Kier molecular flexibility index (Phi) is 6.70. The lowest BCUT2D eigenvalue weighted by Crippen LogP contribution is -2.48. The van der Waals surface area contributed by atoms with Crippen LogP contribution >= 0.6 is 0 Å². The van der Waals surface area contributed by atoms with Gasteiger partial charge in [-0.25, -0.2) is 15.1 Å². The molecule has 0 bridgehead atoms. The third-order valence-electron chi connectivity index (χ3n) is 6.12. The second kappa shape index (κ2) is 9.82. The van der Waals surface area contributed by atoms with E-state index in [-0.39, 0.29) is 12.5 Å². The Morgan fingerprint density at radius 2 is 1.56 bits per heavy atom. The van der Waals surface area contributed by atoms with E-state index in [0.717, 1.165) is 35.1 Å². The van der Waals surface area contributed by atoms with Crippen LogP contribution in [0, 0.1) is 5.92 Å². The van der Waals surface area contributed by atoms with Gasteiger partial charge in [0.2, 0.25) is 5.91 Å². The standard InChI is InChI=1S/C24H26N2O6/c27-22(28)14-32-26-23(29)19-11-5-6-12-21(19)25-24(30)31-13-20-17-9-3-1-7-15(17)16-8-2-4-10-18(16)20/h1-4,7-10,19-21H,5-6,11-14H2,(H,25,30)(H,26,29)(H,27,28). The van der Waals surface area contributed by atoms with E-state index in [1.165, 1.54) is 0 Å². The molecule has 2 unspecified atom stereocenters. The molecule has 2 aliphatic carbocycles. The number of carbonyl (C=O) groups excluding carboxylic acids is 2. The van der Waals surface area contributed by atoms with Crippen molar-refractivity contribution in [3.63, 3.8) is 0 Å². The van der Waals surface area contributed by atoms with Crippen LogP contribution in [0.5, 0.6) is 0 Å². The highest BCUT2D eigenvalue weighted by Gasteiger charge is 2.34. The van der Waals surface area contributed by atoms with Crippen molar-refractivity contribution in [2.45, 2.75) is 37.6 Å². The van der Waals surface area contributed by atoms with E-state index in [0.29, 0.717) is 12.8 Å². The summed E-state index contributed by atoms with van der Waals surface area (Å²) in [6, 6.07) is 15.8. The molecule has 0 spiro atoms. The maximum atomic E-state index is 12.6. The molecule has 168 valence electrons. The topological polar surface area (TPSA) is 114 Å². The molecule has 2 aromatic rings. The predicted molar refractivity (Wildman–Crippen MR) is 116 cm³/mol. The van der Waals surface area contributed by atoms with Crippen molar-refractivity contribution in [3.05, 3.63) is 59.7 Å². The lowest BCUT2D eigenvalue weighted by Gasteiger charge is -2.30. The fourth-order valence-electron chi connectivity index (χ4n) is 4.65. The number of hydrogen-bond acceptors (Lipinski definition) is 5. The third kappa shape index (κ3) is 4.75. The minimum Gasteiger partial charge on any atom is -0.479 e. The zero-order valence-electron chi connectivity index (χ0n) is 17.6. The van der Waals surface area contributed by atoms with Crippen LogP contribution in [0.2, 0.25) is 0 Å². The number of alkyl carbamates (subject to hydrolysis) is 1. The first kappa shape index (κ1) is 21.8. The number of carboxylic acid groups (broad SMARTS) is 1. The number of carboxylic acids is 1. The van der Waals surface area contributed by atoms with Crippen LogP contribution in [-0.4, -0.2) is 42.3 Å². The van der Waals surface area contributed by atoms with Gasteiger partial charge in [0.15, 0.2) is 6.61 Å². The molecule has 32 heavy (non-hydrogen) atoms. The van der Waals surface area contributed by atoms with Crippen molar-refractivity contribution in [2.75, 3.05) is 13.2 Å². The summed E-state index contributed by atoms with van der Waals surface area (Å²) in [6.07, 6.45) is 2.38. The first-order valence-corrected chi connectivity index (χ1v) is 10.8. The molecule has 3 N–H and O–H groups in total. The molecule has 2 atom stereocenters. The molecule has 2 aromatic carbocycles. The summed E-state index contributed by atoms with van der Waals surface area (Å²) in [4.78, 5) is 40.2. The molecule has 0 aromatic heterocycles. The molecule has 4 rings (SSSR count). The number of aliphatic carboxylic acids is 1.